The second kappa shape index (κ2) is 6.75. The highest BCUT2D eigenvalue weighted by atomic mass is 32.2. The van der Waals surface area contributed by atoms with Crippen LogP contribution >= 0.6 is 11.8 Å². The van der Waals surface area contributed by atoms with E-state index in [4.69, 9.17) is 4.74 Å². The van der Waals surface area contributed by atoms with Crippen LogP contribution in [0.1, 0.15) is 24.8 Å². The molecule has 3 nitrogen and oxygen atoms in total. The number of thioether (sulfide) groups is 1. The summed E-state index contributed by atoms with van der Waals surface area (Å²) in [5.74, 6) is 1.69. The first kappa shape index (κ1) is 14.9. The molecular formula is C15H23NO2S. The van der Waals surface area contributed by atoms with Gasteiger partial charge in [0.1, 0.15) is 0 Å². The maximum absolute atomic E-state index is 10.2. The maximum Gasteiger partial charge on any atom is 0.0765 e. The van der Waals surface area contributed by atoms with Gasteiger partial charge in [-0.3, -0.25) is 0 Å². The average Bonchev–Trinajstić information content (AvgIpc) is 2.80. The summed E-state index contributed by atoms with van der Waals surface area (Å²) >= 11 is 1.93. The molecule has 0 saturated carbocycles. The summed E-state index contributed by atoms with van der Waals surface area (Å²) in [5.41, 5.74) is 0.748. The molecule has 0 saturated heterocycles. The second-order valence-electron chi connectivity index (χ2n) is 5.42. The summed E-state index contributed by atoms with van der Waals surface area (Å²) in [7, 11) is 1.66. The molecule has 1 aromatic rings. The number of rotatable bonds is 7. The van der Waals surface area contributed by atoms with Crippen LogP contribution in [0.4, 0.5) is 0 Å². The minimum Gasteiger partial charge on any atom is -0.389 e. The molecule has 1 aliphatic rings. The number of aliphatic hydroxyl groups is 1. The molecule has 2 unspecified atom stereocenters. The predicted molar refractivity (Wildman–Crippen MR) is 79.9 cm³/mol. The van der Waals surface area contributed by atoms with Crippen molar-refractivity contribution in [3.05, 3.63) is 29.8 Å². The maximum atomic E-state index is 10.2. The van der Waals surface area contributed by atoms with Gasteiger partial charge in [0.25, 0.3) is 0 Å². The van der Waals surface area contributed by atoms with Gasteiger partial charge in [-0.25, -0.2) is 0 Å². The number of nitrogens with one attached hydrogen (secondary N) is 1. The number of benzene rings is 1. The molecular weight excluding hydrogens is 258 g/mol. The molecule has 0 radical (unpaired) electrons. The fourth-order valence-electron chi connectivity index (χ4n) is 2.32. The highest BCUT2D eigenvalue weighted by Gasteiger charge is 2.24. The number of hydrogen-bond donors (Lipinski definition) is 2. The lowest BCUT2D eigenvalue weighted by molar-refractivity contribution is 0.0249. The van der Waals surface area contributed by atoms with Gasteiger partial charge in [-0.05, 0) is 18.6 Å². The molecule has 2 N–H and O–H groups in total. The zero-order chi connectivity index (χ0) is 13.7. The van der Waals surface area contributed by atoms with Crippen LogP contribution < -0.4 is 5.32 Å². The van der Waals surface area contributed by atoms with E-state index in [9.17, 15) is 5.11 Å². The third kappa shape index (κ3) is 4.21. The molecule has 1 heterocycles. The summed E-state index contributed by atoms with van der Waals surface area (Å²) in [6.45, 7) is 3.99. The monoisotopic (exact) mass is 281 g/mol. The molecule has 1 aliphatic heterocycles. The van der Waals surface area contributed by atoms with Gasteiger partial charge >= 0.3 is 0 Å². The number of fused-ring (bicyclic) bond motifs is 1. The Hall–Kier alpha value is -0.550. The van der Waals surface area contributed by atoms with Gasteiger partial charge in [0, 0.05) is 49.8 Å². The van der Waals surface area contributed by atoms with Crippen LogP contribution in [0, 0.1) is 0 Å². The number of hydrogen-bond acceptors (Lipinski definition) is 4. The summed E-state index contributed by atoms with van der Waals surface area (Å²) in [5, 5.41) is 13.6. The molecule has 4 heteroatoms. The van der Waals surface area contributed by atoms with E-state index in [1.54, 1.807) is 7.11 Å². The number of methoxy groups -OCH3 is 1. The topological polar surface area (TPSA) is 41.5 Å². The third-order valence-corrected chi connectivity index (χ3v) is 4.79. The Morgan fingerprint density at radius 2 is 2.26 bits per heavy atom. The molecule has 0 aromatic heterocycles. The minimum absolute atomic E-state index is 0.555. The van der Waals surface area contributed by atoms with E-state index in [1.165, 1.54) is 10.5 Å². The molecule has 0 amide bonds. The first-order valence-electron chi connectivity index (χ1n) is 6.76. The summed E-state index contributed by atoms with van der Waals surface area (Å²) in [6, 6.07) is 8.60. The molecule has 0 fully saturated rings. The van der Waals surface area contributed by atoms with E-state index in [1.807, 2.05) is 18.7 Å². The zero-order valence-corrected chi connectivity index (χ0v) is 12.5. The van der Waals surface area contributed by atoms with Crippen LogP contribution in [-0.2, 0) is 4.74 Å². The predicted octanol–water partition coefficient (Wildman–Crippen LogP) is 2.25. The Bertz CT molecular complexity index is 409. The molecule has 0 aliphatic carbocycles. The second-order valence-corrected chi connectivity index (χ2v) is 6.48. The van der Waals surface area contributed by atoms with Gasteiger partial charge in [0.05, 0.1) is 5.60 Å². The largest absolute Gasteiger partial charge is 0.389 e. The Labute approximate surface area is 119 Å². The molecule has 0 bridgehead atoms. The summed E-state index contributed by atoms with van der Waals surface area (Å²) in [6.07, 6.45) is 0.659. The van der Waals surface area contributed by atoms with Crippen molar-refractivity contribution >= 4 is 11.8 Å². The van der Waals surface area contributed by atoms with Crippen LogP contribution in [0.25, 0.3) is 0 Å². The molecule has 2 rings (SSSR count). The van der Waals surface area contributed by atoms with Crippen LogP contribution in [0.15, 0.2) is 29.2 Å². The van der Waals surface area contributed by atoms with E-state index in [2.05, 4.69) is 29.6 Å². The lowest BCUT2D eigenvalue weighted by Gasteiger charge is -2.24. The van der Waals surface area contributed by atoms with Gasteiger partial charge in [-0.15, -0.1) is 11.8 Å². The van der Waals surface area contributed by atoms with Gasteiger partial charge in [0.2, 0.25) is 0 Å². The highest BCUT2D eigenvalue weighted by molar-refractivity contribution is 7.99. The minimum atomic E-state index is -0.693. The van der Waals surface area contributed by atoms with Crippen LogP contribution in [-0.4, -0.2) is 43.3 Å². The van der Waals surface area contributed by atoms with E-state index in [0.717, 1.165) is 12.3 Å². The fraction of sp³-hybridized carbons (Fsp3) is 0.600. The molecule has 1 aromatic carbocycles. The molecule has 2 atom stereocenters. The van der Waals surface area contributed by atoms with Crippen molar-refractivity contribution in [3.8, 4) is 0 Å². The third-order valence-electron chi connectivity index (χ3n) is 3.54. The lowest BCUT2D eigenvalue weighted by Crippen LogP contribution is -2.40. The van der Waals surface area contributed by atoms with Crippen molar-refractivity contribution < 1.29 is 9.84 Å². The Morgan fingerprint density at radius 3 is 3.05 bits per heavy atom. The molecule has 0 spiro atoms. The standard InChI is InChI=1S/C15H23NO2S/c1-15(17,7-8-18-2)11-16-9-12-10-19-14-6-4-3-5-13(12)14/h3-6,12,16-17H,7-11H2,1-2H3. The van der Waals surface area contributed by atoms with Crippen LogP contribution in [0.5, 0.6) is 0 Å². The number of ether oxygens (including phenoxy) is 1. The Morgan fingerprint density at radius 1 is 1.47 bits per heavy atom. The van der Waals surface area contributed by atoms with Gasteiger partial charge < -0.3 is 15.2 Å². The summed E-state index contributed by atoms with van der Waals surface area (Å²) < 4.78 is 5.01. The first-order valence-corrected chi connectivity index (χ1v) is 7.75. The highest BCUT2D eigenvalue weighted by Crippen LogP contribution is 2.38. The van der Waals surface area contributed by atoms with Crippen LogP contribution in [0.3, 0.4) is 0 Å². The molecule has 106 valence electrons. The Balaban J connectivity index is 1.78. The lowest BCUT2D eigenvalue weighted by atomic mass is 10.00. The van der Waals surface area contributed by atoms with Crippen molar-refractivity contribution in [1.82, 2.24) is 5.32 Å². The SMILES string of the molecule is COCCC(C)(O)CNCC1CSc2ccccc21. The smallest absolute Gasteiger partial charge is 0.0765 e. The fourth-order valence-corrected chi connectivity index (χ4v) is 3.58. The average molecular weight is 281 g/mol. The van der Waals surface area contributed by atoms with E-state index in [0.29, 0.717) is 25.5 Å². The first-order chi connectivity index (χ1) is 9.12. The Kier molecular flexibility index (Phi) is 5.28. The van der Waals surface area contributed by atoms with Gasteiger partial charge in [0.15, 0.2) is 0 Å². The van der Waals surface area contributed by atoms with Gasteiger partial charge in [-0.1, -0.05) is 18.2 Å². The van der Waals surface area contributed by atoms with Crippen molar-refractivity contribution in [2.24, 2.45) is 0 Å². The normalized spacial score (nSPS) is 21.1. The van der Waals surface area contributed by atoms with E-state index >= 15 is 0 Å². The summed E-state index contributed by atoms with van der Waals surface area (Å²) in [4.78, 5) is 1.40. The van der Waals surface area contributed by atoms with E-state index in [-0.39, 0.29) is 0 Å². The van der Waals surface area contributed by atoms with Gasteiger partial charge in [-0.2, -0.15) is 0 Å². The zero-order valence-electron chi connectivity index (χ0n) is 11.7. The van der Waals surface area contributed by atoms with Crippen molar-refractivity contribution in [1.29, 1.82) is 0 Å². The quantitative estimate of drug-likeness (QED) is 0.804. The van der Waals surface area contributed by atoms with E-state index < -0.39 is 5.60 Å². The van der Waals surface area contributed by atoms with Crippen molar-refractivity contribution in [2.75, 3.05) is 32.6 Å². The van der Waals surface area contributed by atoms with Crippen LogP contribution in [0.2, 0.25) is 0 Å². The molecule has 19 heavy (non-hydrogen) atoms. The van der Waals surface area contributed by atoms with Crippen molar-refractivity contribution in [2.45, 2.75) is 29.8 Å². The van der Waals surface area contributed by atoms with Crippen molar-refractivity contribution in [3.63, 3.8) is 0 Å².